The van der Waals surface area contributed by atoms with E-state index in [1.807, 2.05) is 47.9 Å². The molecular weight excluding hydrogens is 563 g/mol. The molecule has 216 valence electrons. The fraction of sp³-hybridized carbons (Fsp3) is 0.273. The average molecular weight is 598 g/mol. The molecule has 0 spiro atoms. The SMILES string of the molecule is C=CCn1c(SCC(=O)Nc2ccc(-c3nc4ccc(C)cc4s3)cc2)nnc1C(C)Oc1ccc(C(C)(C)C)cc1. The molecule has 2 heterocycles. The number of allylic oxidation sites excluding steroid dienone is 1. The lowest BCUT2D eigenvalue weighted by atomic mass is 9.87. The van der Waals surface area contributed by atoms with Crippen molar-refractivity contribution in [3.05, 3.63) is 96.3 Å². The Morgan fingerprint density at radius 2 is 1.83 bits per heavy atom. The van der Waals surface area contributed by atoms with Crippen molar-refractivity contribution >= 4 is 44.9 Å². The Morgan fingerprint density at radius 3 is 2.52 bits per heavy atom. The van der Waals surface area contributed by atoms with Gasteiger partial charge in [-0.3, -0.25) is 9.36 Å². The van der Waals surface area contributed by atoms with Crippen molar-refractivity contribution in [2.75, 3.05) is 11.1 Å². The number of nitrogens with zero attached hydrogens (tertiary/aromatic N) is 4. The highest BCUT2D eigenvalue weighted by molar-refractivity contribution is 7.99. The summed E-state index contributed by atoms with van der Waals surface area (Å²) in [6.45, 7) is 15.0. The second-order valence-corrected chi connectivity index (χ2v) is 13.2. The second-order valence-electron chi connectivity index (χ2n) is 11.2. The molecule has 1 atom stereocenters. The fourth-order valence-corrected chi connectivity index (χ4v) is 6.30. The molecule has 1 amide bonds. The zero-order valence-electron chi connectivity index (χ0n) is 24.5. The van der Waals surface area contributed by atoms with Crippen molar-refractivity contribution in [2.24, 2.45) is 0 Å². The van der Waals surface area contributed by atoms with Crippen molar-refractivity contribution in [2.45, 2.75) is 57.8 Å². The molecule has 0 aliphatic carbocycles. The summed E-state index contributed by atoms with van der Waals surface area (Å²) in [6, 6.07) is 22.2. The van der Waals surface area contributed by atoms with Gasteiger partial charge >= 0.3 is 0 Å². The fourth-order valence-electron chi connectivity index (χ4n) is 4.48. The zero-order valence-corrected chi connectivity index (χ0v) is 26.2. The molecule has 0 radical (unpaired) electrons. The number of nitrogens with one attached hydrogen (secondary N) is 1. The smallest absolute Gasteiger partial charge is 0.234 e. The van der Waals surface area contributed by atoms with Crippen LogP contribution in [-0.2, 0) is 16.8 Å². The van der Waals surface area contributed by atoms with Crippen molar-refractivity contribution < 1.29 is 9.53 Å². The van der Waals surface area contributed by atoms with E-state index in [1.165, 1.54) is 27.6 Å². The van der Waals surface area contributed by atoms with E-state index in [2.05, 4.69) is 80.1 Å². The van der Waals surface area contributed by atoms with Gasteiger partial charge in [0.15, 0.2) is 17.1 Å². The van der Waals surface area contributed by atoms with Crippen LogP contribution in [0.2, 0.25) is 0 Å². The number of fused-ring (bicyclic) bond motifs is 1. The summed E-state index contributed by atoms with van der Waals surface area (Å²) in [4.78, 5) is 17.5. The van der Waals surface area contributed by atoms with Crippen molar-refractivity contribution in [1.29, 1.82) is 0 Å². The molecule has 2 aromatic heterocycles. The number of carbonyl (C=O) groups excluding carboxylic acids is 1. The largest absolute Gasteiger partial charge is 0.483 e. The Bertz CT molecular complexity index is 1700. The third-order valence-corrected chi connectivity index (χ3v) is 8.78. The number of aryl methyl sites for hydroxylation is 1. The van der Waals surface area contributed by atoms with Gasteiger partial charge in [0.25, 0.3) is 0 Å². The first-order chi connectivity index (χ1) is 20.1. The van der Waals surface area contributed by atoms with Crippen molar-refractivity contribution in [3.8, 4) is 16.3 Å². The summed E-state index contributed by atoms with van der Waals surface area (Å²) < 4.78 is 9.29. The number of hydrogen-bond acceptors (Lipinski definition) is 7. The first kappa shape index (κ1) is 29.5. The van der Waals surface area contributed by atoms with Gasteiger partial charge in [0, 0.05) is 17.8 Å². The average Bonchev–Trinajstić information content (AvgIpc) is 3.56. The Morgan fingerprint density at radius 1 is 1.10 bits per heavy atom. The van der Waals surface area contributed by atoms with E-state index in [4.69, 9.17) is 9.72 Å². The number of aromatic nitrogens is 4. The number of hydrogen-bond donors (Lipinski definition) is 1. The summed E-state index contributed by atoms with van der Waals surface area (Å²) >= 11 is 3.00. The molecule has 1 unspecified atom stereocenters. The number of thioether (sulfide) groups is 1. The first-order valence-corrected chi connectivity index (χ1v) is 15.6. The van der Waals surface area contributed by atoms with E-state index in [9.17, 15) is 4.79 Å². The predicted octanol–water partition coefficient (Wildman–Crippen LogP) is 8.22. The zero-order chi connectivity index (χ0) is 29.9. The lowest BCUT2D eigenvalue weighted by molar-refractivity contribution is -0.113. The number of anilines is 1. The van der Waals surface area contributed by atoms with Gasteiger partial charge in [0.05, 0.1) is 16.0 Å². The summed E-state index contributed by atoms with van der Waals surface area (Å²) in [5.41, 5.74) is 5.29. The molecule has 0 bridgehead atoms. The van der Waals surface area contributed by atoms with Gasteiger partial charge in [-0.2, -0.15) is 0 Å². The normalized spacial score (nSPS) is 12.3. The molecule has 3 aromatic carbocycles. The van der Waals surface area contributed by atoms with E-state index < -0.39 is 0 Å². The lowest BCUT2D eigenvalue weighted by Gasteiger charge is -2.20. The lowest BCUT2D eigenvalue weighted by Crippen LogP contribution is -2.15. The van der Waals surface area contributed by atoms with Crippen LogP contribution >= 0.6 is 23.1 Å². The van der Waals surface area contributed by atoms with E-state index in [-0.39, 0.29) is 23.2 Å². The van der Waals surface area contributed by atoms with Crippen LogP contribution in [0.5, 0.6) is 5.75 Å². The number of thiazole rings is 1. The molecule has 0 saturated carbocycles. The summed E-state index contributed by atoms with van der Waals surface area (Å²) in [7, 11) is 0. The second kappa shape index (κ2) is 12.5. The Hall–Kier alpha value is -3.95. The van der Waals surface area contributed by atoms with Crippen LogP contribution in [0.25, 0.3) is 20.8 Å². The highest BCUT2D eigenvalue weighted by atomic mass is 32.2. The molecule has 42 heavy (non-hydrogen) atoms. The summed E-state index contributed by atoms with van der Waals surface area (Å²) in [5.74, 6) is 1.51. The first-order valence-electron chi connectivity index (χ1n) is 13.8. The van der Waals surface area contributed by atoms with Crippen molar-refractivity contribution in [3.63, 3.8) is 0 Å². The molecule has 7 nitrogen and oxygen atoms in total. The summed E-state index contributed by atoms with van der Waals surface area (Å²) in [5, 5.41) is 13.3. The Balaban J connectivity index is 1.20. The molecular formula is C33H35N5O2S2. The highest BCUT2D eigenvalue weighted by Crippen LogP contribution is 2.32. The van der Waals surface area contributed by atoms with Gasteiger partial charge in [0.2, 0.25) is 5.91 Å². The number of carbonyl (C=O) groups is 1. The van der Waals surface area contributed by atoms with E-state index in [0.29, 0.717) is 17.5 Å². The minimum Gasteiger partial charge on any atom is -0.483 e. The van der Waals surface area contributed by atoms with Crippen molar-refractivity contribution in [1.82, 2.24) is 19.7 Å². The minimum atomic E-state index is -0.334. The molecule has 9 heteroatoms. The van der Waals surface area contributed by atoms with Gasteiger partial charge in [0.1, 0.15) is 10.8 Å². The molecule has 0 aliphatic rings. The highest BCUT2D eigenvalue weighted by Gasteiger charge is 2.20. The standard InChI is InChI=1S/C33H35N5O2S2/c1-7-18-38-30(22(3)40-26-15-11-24(12-16-26)33(4,5)6)36-37-32(38)41-20-29(39)34-25-13-9-23(10-14-25)31-35-27-17-8-21(2)19-28(27)42-31/h7-17,19,22H,1,18,20H2,2-6H3,(H,34,39). The number of rotatable bonds is 10. The van der Waals surface area contributed by atoms with Crippen LogP contribution < -0.4 is 10.1 Å². The maximum Gasteiger partial charge on any atom is 0.234 e. The van der Waals surface area contributed by atoms with E-state index >= 15 is 0 Å². The van der Waals surface area contributed by atoms with E-state index in [0.717, 1.165) is 27.5 Å². The van der Waals surface area contributed by atoms with Gasteiger partial charge in [-0.1, -0.05) is 56.8 Å². The maximum atomic E-state index is 12.8. The number of amides is 1. The van der Waals surface area contributed by atoms with Crippen LogP contribution in [0.4, 0.5) is 5.69 Å². The molecule has 0 saturated heterocycles. The molecule has 1 N–H and O–H groups in total. The molecule has 5 rings (SSSR count). The number of benzene rings is 3. The van der Waals surface area contributed by atoms with Crippen LogP contribution in [0.1, 0.15) is 50.8 Å². The quantitative estimate of drug-likeness (QED) is 0.129. The summed E-state index contributed by atoms with van der Waals surface area (Å²) in [6.07, 6.45) is 1.45. The van der Waals surface area contributed by atoms with Crippen LogP contribution in [-0.4, -0.2) is 31.4 Å². The third-order valence-electron chi connectivity index (χ3n) is 6.75. The van der Waals surface area contributed by atoms with Crippen LogP contribution in [0.3, 0.4) is 0 Å². The van der Waals surface area contributed by atoms with Gasteiger partial charge in [-0.25, -0.2) is 4.98 Å². The Kier molecular flexibility index (Phi) is 8.80. The Labute approximate surface area is 255 Å². The predicted molar refractivity (Wildman–Crippen MR) is 174 cm³/mol. The van der Waals surface area contributed by atoms with Crippen LogP contribution in [0, 0.1) is 6.92 Å². The van der Waals surface area contributed by atoms with Crippen LogP contribution in [0.15, 0.2) is 84.5 Å². The number of ether oxygens (including phenoxy) is 1. The molecule has 5 aromatic rings. The molecule has 0 fully saturated rings. The van der Waals surface area contributed by atoms with Gasteiger partial charge in [-0.15, -0.1) is 28.1 Å². The van der Waals surface area contributed by atoms with Gasteiger partial charge in [-0.05, 0) is 78.9 Å². The van der Waals surface area contributed by atoms with E-state index in [1.54, 1.807) is 17.4 Å². The topological polar surface area (TPSA) is 81.9 Å². The van der Waals surface area contributed by atoms with Gasteiger partial charge < -0.3 is 10.1 Å². The molecule has 0 aliphatic heterocycles. The third kappa shape index (κ3) is 6.91. The maximum absolute atomic E-state index is 12.8. The monoisotopic (exact) mass is 597 g/mol. The minimum absolute atomic E-state index is 0.0760.